The molecule has 1 fully saturated rings. The van der Waals surface area contributed by atoms with Gasteiger partial charge in [-0.3, -0.25) is 0 Å². The molecular weight excluding hydrogens is 246 g/mol. The Morgan fingerprint density at radius 1 is 1.05 bits per heavy atom. The van der Waals surface area contributed by atoms with Crippen LogP contribution < -0.4 is 10.6 Å². The molecule has 0 saturated heterocycles. The van der Waals surface area contributed by atoms with Crippen molar-refractivity contribution in [3.63, 3.8) is 0 Å². The topological polar surface area (TPSA) is 47.9 Å². The summed E-state index contributed by atoms with van der Waals surface area (Å²) in [7, 11) is 0. The van der Waals surface area contributed by atoms with Crippen LogP contribution in [-0.2, 0) is 0 Å². The summed E-state index contributed by atoms with van der Waals surface area (Å²) >= 11 is 0. The molecule has 2 aromatic rings. The quantitative estimate of drug-likeness (QED) is 0.788. The highest BCUT2D eigenvalue weighted by atomic mass is 15.0. The standard InChI is InChI=1S/C17H19N3/c18-12-13-6-9-17(16-5-2-1-4-15(13)16)20-11-3-10-19-14-7-8-14/h1-2,4-6,9,14,19-20H,3,7-8,10-11H2. The van der Waals surface area contributed by atoms with E-state index in [1.807, 2.05) is 30.3 Å². The number of hydrogen-bond donors (Lipinski definition) is 2. The fourth-order valence-corrected chi connectivity index (χ4v) is 2.46. The van der Waals surface area contributed by atoms with Crippen LogP contribution in [0.15, 0.2) is 36.4 Å². The molecule has 1 aliphatic rings. The zero-order chi connectivity index (χ0) is 13.8. The van der Waals surface area contributed by atoms with Gasteiger partial charge in [-0.1, -0.05) is 24.3 Å². The minimum absolute atomic E-state index is 0.738. The molecule has 1 saturated carbocycles. The van der Waals surface area contributed by atoms with Gasteiger partial charge >= 0.3 is 0 Å². The van der Waals surface area contributed by atoms with Crippen LogP contribution in [0.5, 0.6) is 0 Å². The van der Waals surface area contributed by atoms with Crippen molar-refractivity contribution in [3.8, 4) is 6.07 Å². The summed E-state index contributed by atoms with van der Waals surface area (Å²) in [5, 5.41) is 18.3. The van der Waals surface area contributed by atoms with Gasteiger partial charge in [0.05, 0.1) is 11.6 Å². The molecule has 0 aliphatic heterocycles. The number of rotatable bonds is 6. The van der Waals surface area contributed by atoms with E-state index in [1.54, 1.807) is 0 Å². The van der Waals surface area contributed by atoms with E-state index < -0.39 is 0 Å². The molecule has 0 heterocycles. The lowest BCUT2D eigenvalue weighted by Gasteiger charge is -2.11. The third-order valence-electron chi connectivity index (χ3n) is 3.72. The average molecular weight is 265 g/mol. The molecule has 0 atom stereocenters. The molecule has 2 aromatic carbocycles. The molecule has 0 spiro atoms. The van der Waals surface area contributed by atoms with Crippen molar-refractivity contribution in [1.29, 1.82) is 5.26 Å². The maximum absolute atomic E-state index is 9.15. The maximum atomic E-state index is 9.15. The van der Waals surface area contributed by atoms with Crippen LogP contribution >= 0.6 is 0 Å². The minimum Gasteiger partial charge on any atom is -0.384 e. The molecule has 0 bridgehead atoms. The monoisotopic (exact) mass is 265 g/mol. The molecule has 0 unspecified atom stereocenters. The third kappa shape index (κ3) is 2.92. The number of hydrogen-bond acceptors (Lipinski definition) is 3. The summed E-state index contributed by atoms with van der Waals surface area (Å²) in [5.41, 5.74) is 1.85. The Morgan fingerprint density at radius 2 is 1.85 bits per heavy atom. The predicted molar refractivity (Wildman–Crippen MR) is 82.8 cm³/mol. The van der Waals surface area contributed by atoms with Gasteiger partial charge in [0.15, 0.2) is 0 Å². The first kappa shape index (κ1) is 13.0. The SMILES string of the molecule is N#Cc1ccc(NCCCNC2CC2)c2ccccc12. The predicted octanol–water partition coefficient (Wildman–Crippen LogP) is 3.27. The van der Waals surface area contributed by atoms with E-state index >= 15 is 0 Å². The molecular formula is C17H19N3. The normalized spacial score (nSPS) is 14.2. The van der Waals surface area contributed by atoms with E-state index in [9.17, 15) is 0 Å². The van der Waals surface area contributed by atoms with Gasteiger partial charge in [0, 0.05) is 29.0 Å². The molecule has 2 N–H and O–H groups in total. The smallest absolute Gasteiger partial charge is 0.0998 e. The van der Waals surface area contributed by atoms with Crippen molar-refractivity contribution in [2.75, 3.05) is 18.4 Å². The maximum Gasteiger partial charge on any atom is 0.0998 e. The van der Waals surface area contributed by atoms with Crippen LogP contribution in [0.4, 0.5) is 5.69 Å². The Labute approximate surface area is 119 Å². The largest absolute Gasteiger partial charge is 0.384 e. The first-order chi connectivity index (χ1) is 9.88. The van der Waals surface area contributed by atoms with Gasteiger partial charge in [0.1, 0.15) is 0 Å². The van der Waals surface area contributed by atoms with Crippen molar-refractivity contribution < 1.29 is 0 Å². The second kappa shape index (κ2) is 5.94. The summed E-state index contributed by atoms with van der Waals surface area (Å²) in [4.78, 5) is 0. The fraction of sp³-hybridized carbons (Fsp3) is 0.353. The number of anilines is 1. The van der Waals surface area contributed by atoms with Gasteiger partial charge < -0.3 is 10.6 Å². The summed E-state index contributed by atoms with van der Waals surface area (Å²) in [5.74, 6) is 0. The van der Waals surface area contributed by atoms with Crippen LogP contribution in [0.2, 0.25) is 0 Å². The second-order valence-electron chi connectivity index (χ2n) is 5.33. The number of nitrogens with zero attached hydrogens (tertiary/aromatic N) is 1. The van der Waals surface area contributed by atoms with Gasteiger partial charge in [-0.05, 0) is 37.9 Å². The molecule has 0 aromatic heterocycles. The van der Waals surface area contributed by atoms with E-state index in [0.29, 0.717) is 0 Å². The Bertz CT molecular complexity index is 638. The summed E-state index contributed by atoms with van der Waals surface area (Å²) in [6.07, 6.45) is 3.80. The molecule has 0 radical (unpaired) electrons. The highest BCUT2D eigenvalue weighted by Crippen LogP contribution is 2.26. The van der Waals surface area contributed by atoms with Crippen molar-refractivity contribution in [1.82, 2.24) is 5.32 Å². The van der Waals surface area contributed by atoms with E-state index in [2.05, 4.69) is 22.8 Å². The average Bonchev–Trinajstić information content (AvgIpc) is 3.31. The minimum atomic E-state index is 0.738. The zero-order valence-corrected chi connectivity index (χ0v) is 11.5. The Balaban J connectivity index is 1.66. The lowest BCUT2D eigenvalue weighted by molar-refractivity contribution is 0.659. The van der Waals surface area contributed by atoms with Crippen molar-refractivity contribution in [3.05, 3.63) is 42.0 Å². The molecule has 102 valence electrons. The Hall–Kier alpha value is -2.05. The lowest BCUT2D eigenvalue weighted by Crippen LogP contribution is -2.19. The van der Waals surface area contributed by atoms with Crippen molar-refractivity contribution >= 4 is 16.5 Å². The van der Waals surface area contributed by atoms with E-state index in [0.717, 1.165) is 47.6 Å². The van der Waals surface area contributed by atoms with Crippen molar-refractivity contribution in [2.45, 2.75) is 25.3 Å². The van der Waals surface area contributed by atoms with Gasteiger partial charge in [0.2, 0.25) is 0 Å². The highest BCUT2D eigenvalue weighted by Gasteiger charge is 2.19. The second-order valence-corrected chi connectivity index (χ2v) is 5.33. The Morgan fingerprint density at radius 3 is 2.60 bits per heavy atom. The first-order valence-electron chi connectivity index (χ1n) is 7.27. The van der Waals surface area contributed by atoms with Crippen molar-refractivity contribution in [2.24, 2.45) is 0 Å². The van der Waals surface area contributed by atoms with Crippen LogP contribution in [0.1, 0.15) is 24.8 Å². The first-order valence-corrected chi connectivity index (χ1v) is 7.27. The summed E-state index contributed by atoms with van der Waals surface area (Å²) < 4.78 is 0. The van der Waals surface area contributed by atoms with Crippen LogP contribution in [0, 0.1) is 11.3 Å². The molecule has 3 nitrogen and oxygen atoms in total. The van der Waals surface area contributed by atoms with E-state index in [-0.39, 0.29) is 0 Å². The van der Waals surface area contributed by atoms with E-state index in [4.69, 9.17) is 5.26 Å². The van der Waals surface area contributed by atoms with E-state index in [1.165, 1.54) is 12.8 Å². The molecule has 3 heteroatoms. The van der Waals surface area contributed by atoms with Crippen LogP contribution in [0.3, 0.4) is 0 Å². The highest BCUT2D eigenvalue weighted by molar-refractivity contribution is 5.97. The number of nitriles is 1. The number of nitrogens with one attached hydrogen (secondary N) is 2. The molecule has 0 amide bonds. The fourth-order valence-electron chi connectivity index (χ4n) is 2.46. The number of benzene rings is 2. The summed E-state index contributed by atoms with van der Waals surface area (Å²) in [6, 6.07) is 15.0. The van der Waals surface area contributed by atoms with Gasteiger partial charge in [-0.15, -0.1) is 0 Å². The third-order valence-corrected chi connectivity index (χ3v) is 3.72. The van der Waals surface area contributed by atoms with Gasteiger partial charge in [0.25, 0.3) is 0 Å². The molecule has 20 heavy (non-hydrogen) atoms. The van der Waals surface area contributed by atoms with Gasteiger partial charge in [-0.25, -0.2) is 0 Å². The Kier molecular flexibility index (Phi) is 3.85. The lowest BCUT2D eigenvalue weighted by atomic mass is 10.0. The van der Waals surface area contributed by atoms with Crippen LogP contribution in [0.25, 0.3) is 10.8 Å². The zero-order valence-electron chi connectivity index (χ0n) is 11.5. The number of fused-ring (bicyclic) bond motifs is 1. The van der Waals surface area contributed by atoms with Gasteiger partial charge in [-0.2, -0.15) is 5.26 Å². The van der Waals surface area contributed by atoms with Crippen LogP contribution in [-0.4, -0.2) is 19.1 Å². The summed E-state index contributed by atoms with van der Waals surface area (Å²) in [6.45, 7) is 2.03. The molecule has 1 aliphatic carbocycles. The molecule has 3 rings (SSSR count).